The van der Waals surface area contributed by atoms with Crippen molar-refractivity contribution in [3.05, 3.63) is 60.3 Å². The number of aryl methyl sites for hydroxylation is 1. The summed E-state index contributed by atoms with van der Waals surface area (Å²) in [5, 5.41) is 0. The number of aromatic amines is 1. The predicted octanol–water partition coefficient (Wildman–Crippen LogP) is 2.93. The van der Waals surface area contributed by atoms with E-state index in [4.69, 9.17) is 0 Å². The van der Waals surface area contributed by atoms with Gasteiger partial charge in [0.2, 0.25) is 0 Å². The van der Waals surface area contributed by atoms with Gasteiger partial charge in [-0.05, 0) is 25.0 Å². The molecule has 0 aliphatic carbocycles. The Morgan fingerprint density at radius 3 is 2.92 bits per heavy atom. The molecule has 2 aromatic heterocycles. The molecule has 1 saturated heterocycles. The molecular weight excluding hydrogens is 321 g/mol. The van der Waals surface area contributed by atoms with Gasteiger partial charge in [-0.3, -0.25) is 4.79 Å². The molecule has 1 fully saturated rings. The molecule has 1 aromatic carbocycles. The van der Waals surface area contributed by atoms with Crippen LogP contribution in [-0.2, 0) is 7.05 Å². The van der Waals surface area contributed by atoms with Crippen LogP contribution in [0.2, 0.25) is 0 Å². The van der Waals surface area contributed by atoms with E-state index in [0.29, 0.717) is 29.3 Å². The minimum Gasteiger partial charge on any atom is -0.340 e. The normalized spacial score (nSPS) is 17.2. The van der Waals surface area contributed by atoms with Crippen molar-refractivity contribution in [1.82, 2.24) is 24.4 Å². The predicted molar refractivity (Wildman–Crippen MR) is 90.2 cm³/mol. The van der Waals surface area contributed by atoms with E-state index >= 15 is 0 Å². The minimum absolute atomic E-state index is 0.105. The lowest BCUT2D eigenvalue weighted by molar-refractivity contribution is 0.0725. The summed E-state index contributed by atoms with van der Waals surface area (Å²) in [5.41, 5.74) is 1.52. The summed E-state index contributed by atoms with van der Waals surface area (Å²) in [5.74, 6) is 0.275. The molecule has 3 heterocycles. The quantitative estimate of drug-likeness (QED) is 0.798. The van der Waals surface area contributed by atoms with Crippen LogP contribution in [0.15, 0.2) is 43.0 Å². The van der Waals surface area contributed by atoms with E-state index < -0.39 is 0 Å². The van der Waals surface area contributed by atoms with Gasteiger partial charge in [0.1, 0.15) is 17.3 Å². The number of hydrogen-bond acceptors (Lipinski definition) is 3. The molecule has 1 aliphatic heterocycles. The molecule has 4 rings (SSSR count). The van der Waals surface area contributed by atoms with E-state index in [1.807, 2.05) is 7.05 Å². The lowest BCUT2D eigenvalue weighted by Gasteiger charge is -2.22. The van der Waals surface area contributed by atoms with Gasteiger partial charge in [0, 0.05) is 25.4 Å². The fourth-order valence-electron chi connectivity index (χ4n) is 3.29. The van der Waals surface area contributed by atoms with E-state index in [-0.39, 0.29) is 17.8 Å². The Kier molecular flexibility index (Phi) is 3.83. The van der Waals surface area contributed by atoms with Crippen molar-refractivity contribution in [1.29, 1.82) is 0 Å². The number of nitrogens with zero attached hydrogens (tertiary/aromatic N) is 4. The van der Waals surface area contributed by atoms with Crippen molar-refractivity contribution in [2.75, 3.05) is 6.54 Å². The van der Waals surface area contributed by atoms with Gasteiger partial charge in [-0.25, -0.2) is 14.4 Å². The summed E-state index contributed by atoms with van der Waals surface area (Å²) in [6, 6.07) is 6.42. The van der Waals surface area contributed by atoms with Crippen molar-refractivity contribution in [3.8, 4) is 11.3 Å². The number of benzene rings is 1. The average Bonchev–Trinajstić information content (AvgIpc) is 3.34. The zero-order valence-electron chi connectivity index (χ0n) is 13.8. The van der Waals surface area contributed by atoms with Gasteiger partial charge in [-0.2, -0.15) is 0 Å². The van der Waals surface area contributed by atoms with E-state index in [1.165, 1.54) is 6.07 Å². The number of carbonyl (C=O) groups excluding carboxylic acids is 1. The number of halogens is 1. The Morgan fingerprint density at radius 2 is 2.16 bits per heavy atom. The third-order valence-electron chi connectivity index (χ3n) is 4.51. The zero-order chi connectivity index (χ0) is 17.4. The molecule has 1 atom stereocenters. The molecular formula is C18H18FN5O. The van der Waals surface area contributed by atoms with E-state index in [1.54, 1.807) is 46.4 Å². The maximum Gasteiger partial charge on any atom is 0.274 e. The van der Waals surface area contributed by atoms with Gasteiger partial charge in [-0.1, -0.05) is 12.1 Å². The Bertz CT molecular complexity index is 916. The summed E-state index contributed by atoms with van der Waals surface area (Å²) < 4.78 is 15.7. The third-order valence-corrected chi connectivity index (χ3v) is 4.51. The molecule has 3 aromatic rings. The lowest BCUT2D eigenvalue weighted by Crippen LogP contribution is -2.31. The maximum absolute atomic E-state index is 14.0. The number of aromatic nitrogens is 4. The molecule has 0 spiro atoms. The van der Waals surface area contributed by atoms with Crippen molar-refractivity contribution in [2.24, 2.45) is 7.05 Å². The Balaban J connectivity index is 1.61. The highest BCUT2D eigenvalue weighted by Gasteiger charge is 2.33. The molecule has 1 N–H and O–H groups in total. The number of amides is 1. The molecule has 0 radical (unpaired) electrons. The van der Waals surface area contributed by atoms with Crippen LogP contribution >= 0.6 is 0 Å². The summed E-state index contributed by atoms with van der Waals surface area (Å²) in [4.78, 5) is 26.2. The molecule has 7 heteroatoms. The van der Waals surface area contributed by atoms with Crippen molar-refractivity contribution >= 4 is 5.91 Å². The molecule has 1 amide bonds. The summed E-state index contributed by atoms with van der Waals surface area (Å²) in [7, 11) is 1.83. The first-order valence-corrected chi connectivity index (χ1v) is 8.22. The second-order valence-electron chi connectivity index (χ2n) is 6.24. The third kappa shape index (κ3) is 2.82. The van der Waals surface area contributed by atoms with E-state index in [2.05, 4.69) is 15.0 Å². The molecule has 128 valence electrons. The van der Waals surface area contributed by atoms with Crippen LogP contribution in [0.1, 0.15) is 35.2 Å². The number of imidazole rings is 2. The fourth-order valence-corrected chi connectivity index (χ4v) is 3.29. The monoisotopic (exact) mass is 339 g/mol. The fraction of sp³-hybridized carbons (Fsp3) is 0.278. The summed E-state index contributed by atoms with van der Waals surface area (Å²) in [6.07, 6.45) is 6.67. The van der Waals surface area contributed by atoms with Crippen LogP contribution in [-0.4, -0.2) is 36.9 Å². The standard InChI is InChI=1S/C18H18FN5O/c1-23-10-15(21-11-23)18(25)24-8-4-7-16(24)17-20-9-14(22-17)12-5-2-3-6-13(12)19/h2-3,5-6,9-11,16H,4,7-8H2,1H3,(H,20,22). The van der Waals surface area contributed by atoms with Gasteiger partial charge in [0.25, 0.3) is 5.91 Å². The number of H-pyrrole nitrogens is 1. The second kappa shape index (κ2) is 6.16. The highest BCUT2D eigenvalue weighted by molar-refractivity contribution is 5.92. The highest BCUT2D eigenvalue weighted by Crippen LogP contribution is 2.32. The minimum atomic E-state index is -0.300. The van der Waals surface area contributed by atoms with Gasteiger partial charge >= 0.3 is 0 Å². The van der Waals surface area contributed by atoms with Gasteiger partial charge in [0.05, 0.1) is 24.3 Å². The molecule has 25 heavy (non-hydrogen) atoms. The molecule has 6 nitrogen and oxygen atoms in total. The smallest absolute Gasteiger partial charge is 0.274 e. The number of nitrogens with one attached hydrogen (secondary N) is 1. The van der Waals surface area contributed by atoms with Crippen LogP contribution in [0.4, 0.5) is 4.39 Å². The van der Waals surface area contributed by atoms with Gasteiger partial charge in [-0.15, -0.1) is 0 Å². The Hall–Kier alpha value is -2.96. The summed E-state index contributed by atoms with van der Waals surface area (Å²) in [6.45, 7) is 0.663. The topological polar surface area (TPSA) is 66.8 Å². The number of rotatable bonds is 3. The first kappa shape index (κ1) is 15.6. The van der Waals surface area contributed by atoms with Crippen LogP contribution in [0.25, 0.3) is 11.3 Å². The SMILES string of the molecule is Cn1cnc(C(=O)N2CCCC2c2ncc(-c3ccccc3F)[nH]2)c1. The average molecular weight is 339 g/mol. The molecule has 0 bridgehead atoms. The zero-order valence-corrected chi connectivity index (χ0v) is 13.8. The molecule has 0 saturated carbocycles. The molecule has 1 unspecified atom stereocenters. The Morgan fingerprint density at radius 1 is 1.32 bits per heavy atom. The first-order valence-electron chi connectivity index (χ1n) is 8.22. The number of hydrogen-bond donors (Lipinski definition) is 1. The van der Waals surface area contributed by atoms with Gasteiger partial charge < -0.3 is 14.5 Å². The maximum atomic E-state index is 14.0. The number of likely N-dealkylation sites (tertiary alicyclic amines) is 1. The van der Waals surface area contributed by atoms with Crippen molar-refractivity contribution in [2.45, 2.75) is 18.9 Å². The Labute approximate surface area is 144 Å². The van der Waals surface area contributed by atoms with Crippen LogP contribution < -0.4 is 0 Å². The first-order chi connectivity index (χ1) is 12.1. The lowest BCUT2D eigenvalue weighted by atomic mass is 10.1. The van der Waals surface area contributed by atoms with Gasteiger partial charge in [0.15, 0.2) is 0 Å². The van der Waals surface area contributed by atoms with Crippen LogP contribution in [0.3, 0.4) is 0 Å². The van der Waals surface area contributed by atoms with Crippen molar-refractivity contribution < 1.29 is 9.18 Å². The highest BCUT2D eigenvalue weighted by atomic mass is 19.1. The van der Waals surface area contributed by atoms with Crippen molar-refractivity contribution in [3.63, 3.8) is 0 Å². The summed E-state index contributed by atoms with van der Waals surface area (Å²) >= 11 is 0. The number of carbonyl (C=O) groups is 1. The largest absolute Gasteiger partial charge is 0.340 e. The van der Waals surface area contributed by atoms with Crippen LogP contribution in [0, 0.1) is 5.82 Å². The second-order valence-corrected chi connectivity index (χ2v) is 6.24. The molecule has 1 aliphatic rings. The van der Waals surface area contributed by atoms with Crippen LogP contribution in [0.5, 0.6) is 0 Å². The van der Waals surface area contributed by atoms with E-state index in [9.17, 15) is 9.18 Å². The van der Waals surface area contributed by atoms with E-state index in [0.717, 1.165) is 12.8 Å².